The number of unbranched alkanes of at least 4 members (excludes halogenated alkanes) is 2. The van der Waals surface area contributed by atoms with Crippen molar-refractivity contribution in [2.24, 2.45) is 41.4 Å². The van der Waals surface area contributed by atoms with Crippen molar-refractivity contribution >= 4 is 0 Å². The molecule has 1 heterocycles. The lowest BCUT2D eigenvalue weighted by Crippen LogP contribution is -2.39. The van der Waals surface area contributed by atoms with Gasteiger partial charge < -0.3 is 9.47 Å². The molecule has 0 unspecified atom stereocenters. The van der Waals surface area contributed by atoms with E-state index in [1.807, 2.05) is 0 Å². The third-order valence-corrected chi connectivity index (χ3v) is 10.0. The smallest absolute Gasteiger partial charge is 0.352 e. The van der Waals surface area contributed by atoms with Gasteiger partial charge >= 0.3 is 6.18 Å². The standard InChI is InChI=1S/C32H50F4O2/c1-2-3-4-5-25-21-37-31(38-22-25)29-18-16-27(17-19-29)26-12-8-23(9-13-26)6-7-24-10-14-28(15-11-24)30(33)20-32(34,35)36/h6-7,20,23-29,31H,2-5,8-19,21-22H2,1H3. The van der Waals surface area contributed by atoms with E-state index in [0.29, 0.717) is 36.5 Å². The molecule has 0 N–H and O–H groups in total. The van der Waals surface area contributed by atoms with Crippen molar-refractivity contribution in [2.45, 2.75) is 122 Å². The van der Waals surface area contributed by atoms with Gasteiger partial charge in [-0.3, -0.25) is 0 Å². The van der Waals surface area contributed by atoms with Gasteiger partial charge in [-0.1, -0.05) is 38.3 Å². The molecular formula is C32H50F4O2. The van der Waals surface area contributed by atoms with Gasteiger partial charge in [0, 0.05) is 17.8 Å². The fourth-order valence-electron chi connectivity index (χ4n) is 7.55. The molecule has 0 spiro atoms. The van der Waals surface area contributed by atoms with Crippen LogP contribution in [0.15, 0.2) is 24.1 Å². The maximum atomic E-state index is 13.9. The molecule has 0 aromatic carbocycles. The van der Waals surface area contributed by atoms with E-state index in [-0.39, 0.29) is 12.4 Å². The molecule has 4 fully saturated rings. The van der Waals surface area contributed by atoms with E-state index in [4.69, 9.17) is 9.47 Å². The minimum atomic E-state index is -4.56. The Balaban J connectivity index is 1.10. The molecule has 38 heavy (non-hydrogen) atoms. The molecule has 218 valence electrons. The predicted molar refractivity (Wildman–Crippen MR) is 144 cm³/mol. The second kappa shape index (κ2) is 14.7. The summed E-state index contributed by atoms with van der Waals surface area (Å²) in [7, 11) is 0. The van der Waals surface area contributed by atoms with E-state index in [1.54, 1.807) is 0 Å². The number of ether oxygens (including phenoxy) is 2. The summed E-state index contributed by atoms with van der Waals surface area (Å²) in [6.07, 6.45) is 17.8. The largest absolute Gasteiger partial charge is 0.412 e. The van der Waals surface area contributed by atoms with Crippen LogP contribution in [0.2, 0.25) is 0 Å². The molecular weight excluding hydrogens is 492 g/mol. The summed E-state index contributed by atoms with van der Waals surface area (Å²) in [5, 5.41) is 0. The highest BCUT2D eigenvalue weighted by Gasteiger charge is 2.36. The fourth-order valence-corrected chi connectivity index (χ4v) is 7.55. The highest BCUT2D eigenvalue weighted by molar-refractivity contribution is 5.05. The van der Waals surface area contributed by atoms with Gasteiger partial charge in [-0.05, 0) is 107 Å². The Bertz CT molecular complexity index is 731. The molecule has 0 aromatic rings. The van der Waals surface area contributed by atoms with E-state index < -0.39 is 17.9 Å². The van der Waals surface area contributed by atoms with Gasteiger partial charge in [0.25, 0.3) is 0 Å². The highest BCUT2D eigenvalue weighted by Crippen LogP contribution is 2.43. The molecule has 4 rings (SSSR count). The fraction of sp³-hybridized carbons (Fsp3) is 0.875. The SMILES string of the molecule is CCCCCC1COC(C2CCC(C3CCC(C=CC4CCC(C(F)=CC(F)(F)F)CC4)CC3)CC2)OC1. The molecule has 6 heteroatoms. The third kappa shape index (κ3) is 9.35. The van der Waals surface area contributed by atoms with E-state index in [1.165, 1.54) is 77.0 Å². The monoisotopic (exact) mass is 542 g/mol. The van der Waals surface area contributed by atoms with E-state index in [9.17, 15) is 17.6 Å². The van der Waals surface area contributed by atoms with Gasteiger partial charge in [0.15, 0.2) is 6.29 Å². The second-order valence-electron chi connectivity index (χ2n) is 12.8. The molecule has 1 aliphatic heterocycles. The average molecular weight is 543 g/mol. The maximum absolute atomic E-state index is 13.9. The lowest BCUT2D eigenvalue weighted by Gasteiger charge is -2.41. The van der Waals surface area contributed by atoms with E-state index >= 15 is 0 Å². The molecule has 3 aliphatic carbocycles. The Morgan fingerprint density at radius 1 is 0.711 bits per heavy atom. The number of rotatable bonds is 9. The Labute approximate surface area is 228 Å². The summed E-state index contributed by atoms with van der Waals surface area (Å²) in [6, 6.07) is 0. The van der Waals surface area contributed by atoms with Gasteiger partial charge in [-0.25, -0.2) is 4.39 Å². The summed E-state index contributed by atoms with van der Waals surface area (Å²) in [5.74, 6) is 2.29. The molecule has 2 nitrogen and oxygen atoms in total. The van der Waals surface area contributed by atoms with Crippen LogP contribution in [0.5, 0.6) is 0 Å². The van der Waals surface area contributed by atoms with Gasteiger partial charge in [0.05, 0.1) is 19.3 Å². The maximum Gasteiger partial charge on any atom is 0.412 e. The van der Waals surface area contributed by atoms with Gasteiger partial charge in [-0.15, -0.1) is 0 Å². The van der Waals surface area contributed by atoms with Crippen LogP contribution >= 0.6 is 0 Å². The number of hydrogen-bond acceptors (Lipinski definition) is 2. The van der Waals surface area contributed by atoms with Gasteiger partial charge in [-0.2, -0.15) is 13.2 Å². The van der Waals surface area contributed by atoms with Crippen LogP contribution in [0.1, 0.15) is 110 Å². The first-order valence-electron chi connectivity index (χ1n) is 15.7. The molecule has 0 atom stereocenters. The Kier molecular flexibility index (Phi) is 11.6. The first-order valence-corrected chi connectivity index (χ1v) is 15.7. The van der Waals surface area contributed by atoms with Crippen molar-refractivity contribution in [3.63, 3.8) is 0 Å². The lowest BCUT2D eigenvalue weighted by molar-refractivity contribution is -0.230. The molecule has 3 saturated carbocycles. The predicted octanol–water partition coefficient (Wildman–Crippen LogP) is 9.95. The number of allylic oxidation sites excluding steroid dienone is 4. The number of hydrogen-bond donors (Lipinski definition) is 0. The summed E-state index contributed by atoms with van der Waals surface area (Å²) in [4.78, 5) is 0. The summed E-state index contributed by atoms with van der Waals surface area (Å²) in [5.41, 5.74) is 0. The molecule has 0 aromatic heterocycles. The average Bonchev–Trinajstić information content (AvgIpc) is 2.92. The molecule has 0 bridgehead atoms. The van der Waals surface area contributed by atoms with Crippen LogP contribution in [0.25, 0.3) is 0 Å². The Hall–Kier alpha value is -0.880. The minimum absolute atomic E-state index is 0.0199. The van der Waals surface area contributed by atoms with Crippen molar-refractivity contribution in [3.05, 3.63) is 24.1 Å². The topological polar surface area (TPSA) is 18.5 Å². The zero-order chi connectivity index (χ0) is 27.0. The van der Waals surface area contributed by atoms with Gasteiger partial charge in [0.2, 0.25) is 0 Å². The Morgan fingerprint density at radius 2 is 1.21 bits per heavy atom. The summed E-state index contributed by atoms with van der Waals surface area (Å²) < 4.78 is 63.5. The van der Waals surface area contributed by atoms with Crippen LogP contribution in [-0.4, -0.2) is 25.7 Å². The van der Waals surface area contributed by atoms with E-state index in [2.05, 4.69) is 19.1 Å². The quantitative estimate of drug-likeness (QED) is 0.164. The number of alkyl halides is 3. The summed E-state index contributed by atoms with van der Waals surface area (Å²) in [6.45, 7) is 4.00. The van der Waals surface area contributed by atoms with Crippen molar-refractivity contribution in [1.29, 1.82) is 0 Å². The molecule has 1 saturated heterocycles. The van der Waals surface area contributed by atoms with Crippen molar-refractivity contribution in [3.8, 4) is 0 Å². The molecule has 0 amide bonds. The third-order valence-electron chi connectivity index (χ3n) is 10.0. The van der Waals surface area contributed by atoms with Crippen LogP contribution in [0.4, 0.5) is 17.6 Å². The van der Waals surface area contributed by atoms with Crippen molar-refractivity contribution < 1.29 is 27.0 Å². The highest BCUT2D eigenvalue weighted by atomic mass is 19.4. The zero-order valence-electron chi connectivity index (χ0n) is 23.4. The normalized spacial score (nSPS) is 38.0. The Morgan fingerprint density at radius 3 is 1.74 bits per heavy atom. The first-order chi connectivity index (χ1) is 18.3. The van der Waals surface area contributed by atoms with E-state index in [0.717, 1.165) is 37.9 Å². The van der Waals surface area contributed by atoms with Crippen LogP contribution in [0, 0.1) is 41.4 Å². The minimum Gasteiger partial charge on any atom is -0.352 e. The van der Waals surface area contributed by atoms with Gasteiger partial charge in [0.1, 0.15) is 5.83 Å². The van der Waals surface area contributed by atoms with Crippen LogP contribution in [0.3, 0.4) is 0 Å². The van der Waals surface area contributed by atoms with Crippen molar-refractivity contribution in [1.82, 2.24) is 0 Å². The van der Waals surface area contributed by atoms with Crippen LogP contribution in [-0.2, 0) is 9.47 Å². The second-order valence-corrected chi connectivity index (χ2v) is 12.8. The molecule has 4 aliphatic rings. The lowest BCUT2D eigenvalue weighted by atomic mass is 9.69. The zero-order valence-corrected chi connectivity index (χ0v) is 23.4. The first kappa shape index (κ1) is 30.1. The number of halogens is 4. The van der Waals surface area contributed by atoms with Crippen molar-refractivity contribution in [2.75, 3.05) is 13.2 Å². The summed E-state index contributed by atoms with van der Waals surface area (Å²) >= 11 is 0. The molecule has 0 radical (unpaired) electrons. The van der Waals surface area contributed by atoms with Crippen LogP contribution < -0.4 is 0 Å².